The van der Waals surface area contributed by atoms with E-state index in [4.69, 9.17) is 14.6 Å². The number of fused-ring (bicyclic) bond motifs is 1. The normalized spacial score (nSPS) is 11.5. The molecule has 0 amide bonds. The Bertz CT molecular complexity index is 1000. The van der Waals surface area contributed by atoms with E-state index in [-0.39, 0.29) is 0 Å². The molecule has 3 aromatic rings. The number of aromatic nitrogens is 2. The fourth-order valence-corrected chi connectivity index (χ4v) is 3.78. The van der Waals surface area contributed by atoms with E-state index < -0.39 is 10.2 Å². The van der Waals surface area contributed by atoms with E-state index in [1.165, 1.54) is 17.7 Å². The van der Waals surface area contributed by atoms with Gasteiger partial charge in [0, 0.05) is 22.4 Å². The molecule has 0 saturated heterocycles. The highest BCUT2D eigenvalue weighted by atomic mass is 32.2. The van der Waals surface area contributed by atoms with Crippen LogP contribution in [0.25, 0.3) is 22.2 Å². The molecule has 3 N–H and O–H groups in total. The first-order valence-electron chi connectivity index (χ1n) is 6.67. The summed E-state index contributed by atoms with van der Waals surface area (Å²) < 4.78 is 35.1. The second-order valence-electron chi connectivity index (χ2n) is 4.79. The van der Waals surface area contributed by atoms with Gasteiger partial charge >= 0.3 is 0 Å². The third-order valence-electron chi connectivity index (χ3n) is 3.26. The van der Waals surface area contributed by atoms with Gasteiger partial charge in [-0.25, -0.2) is 15.1 Å². The standard InChI is InChI=1S/C14H14N4O4S2/c1-21-11-4-9-10(5-12(11)22-2)16-7-17-14(9)8-3-13(23-6-8)18-24(15,19)20/h3-7,18H,1-2H3,(H2,15,19,20). The minimum absolute atomic E-state index is 0.403. The van der Waals surface area contributed by atoms with Crippen LogP contribution in [-0.4, -0.2) is 32.6 Å². The summed E-state index contributed by atoms with van der Waals surface area (Å²) >= 11 is 1.21. The van der Waals surface area contributed by atoms with Crippen molar-refractivity contribution in [2.45, 2.75) is 0 Å². The maximum atomic E-state index is 11.1. The van der Waals surface area contributed by atoms with Crippen LogP contribution < -0.4 is 19.3 Å². The Morgan fingerprint density at radius 1 is 1.12 bits per heavy atom. The lowest BCUT2D eigenvalue weighted by atomic mass is 10.1. The predicted molar refractivity (Wildman–Crippen MR) is 92.7 cm³/mol. The van der Waals surface area contributed by atoms with Crippen LogP contribution >= 0.6 is 11.3 Å². The van der Waals surface area contributed by atoms with Gasteiger partial charge in [0.15, 0.2) is 11.5 Å². The quantitative estimate of drug-likeness (QED) is 0.713. The van der Waals surface area contributed by atoms with Gasteiger partial charge in [0.25, 0.3) is 10.2 Å². The Morgan fingerprint density at radius 2 is 1.83 bits per heavy atom. The Kier molecular flexibility index (Phi) is 4.26. The van der Waals surface area contributed by atoms with E-state index in [1.54, 1.807) is 37.8 Å². The number of ether oxygens (including phenoxy) is 2. The van der Waals surface area contributed by atoms with Crippen molar-refractivity contribution < 1.29 is 17.9 Å². The van der Waals surface area contributed by atoms with Crippen LogP contribution in [0.1, 0.15) is 0 Å². The van der Waals surface area contributed by atoms with E-state index in [9.17, 15) is 8.42 Å². The summed E-state index contributed by atoms with van der Waals surface area (Å²) in [5.74, 6) is 1.12. The van der Waals surface area contributed by atoms with Crippen molar-refractivity contribution >= 4 is 37.5 Å². The van der Waals surface area contributed by atoms with Gasteiger partial charge in [-0.05, 0) is 12.1 Å². The number of nitrogens with two attached hydrogens (primary N) is 1. The van der Waals surface area contributed by atoms with E-state index >= 15 is 0 Å². The summed E-state index contributed by atoms with van der Waals surface area (Å²) in [4.78, 5) is 8.55. The average molecular weight is 366 g/mol. The first kappa shape index (κ1) is 16.4. The molecule has 0 aliphatic rings. The highest BCUT2D eigenvalue weighted by Gasteiger charge is 2.14. The molecule has 10 heteroatoms. The molecule has 0 unspecified atom stereocenters. The fraction of sp³-hybridized carbons (Fsp3) is 0.143. The lowest BCUT2D eigenvalue weighted by molar-refractivity contribution is 0.356. The number of nitrogens with zero attached hydrogens (tertiary/aromatic N) is 2. The van der Waals surface area contributed by atoms with Crippen molar-refractivity contribution in [3.8, 4) is 22.8 Å². The minimum Gasteiger partial charge on any atom is -0.493 e. The number of nitrogens with one attached hydrogen (secondary N) is 1. The Labute approximate surface area is 142 Å². The molecule has 2 heterocycles. The summed E-state index contributed by atoms with van der Waals surface area (Å²) in [6.45, 7) is 0. The fourth-order valence-electron chi connectivity index (χ4n) is 2.27. The van der Waals surface area contributed by atoms with Crippen molar-refractivity contribution in [1.29, 1.82) is 0 Å². The minimum atomic E-state index is -3.82. The summed E-state index contributed by atoms with van der Waals surface area (Å²) in [6.07, 6.45) is 1.44. The van der Waals surface area contributed by atoms with Gasteiger partial charge in [-0.3, -0.25) is 4.72 Å². The molecule has 0 atom stereocenters. The maximum Gasteiger partial charge on any atom is 0.297 e. The van der Waals surface area contributed by atoms with Gasteiger partial charge in [0.2, 0.25) is 0 Å². The molecule has 0 aliphatic carbocycles. The van der Waals surface area contributed by atoms with Crippen LogP contribution in [0.3, 0.4) is 0 Å². The zero-order valence-electron chi connectivity index (χ0n) is 12.8. The number of anilines is 1. The summed E-state index contributed by atoms with van der Waals surface area (Å²) in [5.41, 5.74) is 2.08. The molecule has 2 aromatic heterocycles. The zero-order valence-corrected chi connectivity index (χ0v) is 14.4. The van der Waals surface area contributed by atoms with E-state index in [1.807, 2.05) is 0 Å². The monoisotopic (exact) mass is 366 g/mol. The molecular weight excluding hydrogens is 352 g/mol. The van der Waals surface area contributed by atoms with Gasteiger partial charge in [-0.15, -0.1) is 11.3 Å². The Hall–Kier alpha value is -2.43. The van der Waals surface area contributed by atoms with Crippen molar-refractivity contribution in [1.82, 2.24) is 9.97 Å². The zero-order chi connectivity index (χ0) is 17.3. The van der Waals surface area contributed by atoms with Gasteiger partial charge in [-0.1, -0.05) is 0 Å². The van der Waals surface area contributed by atoms with Crippen molar-refractivity contribution in [2.24, 2.45) is 5.14 Å². The topological polar surface area (TPSA) is 116 Å². The first-order valence-corrected chi connectivity index (χ1v) is 9.10. The molecule has 0 fully saturated rings. The van der Waals surface area contributed by atoms with Gasteiger partial charge < -0.3 is 9.47 Å². The van der Waals surface area contributed by atoms with Crippen LogP contribution in [-0.2, 0) is 10.2 Å². The molecule has 0 bridgehead atoms. The lowest BCUT2D eigenvalue weighted by Gasteiger charge is -2.10. The smallest absolute Gasteiger partial charge is 0.297 e. The molecule has 1 aromatic carbocycles. The summed E-state index contributed by atoms with van der Waals surface area (Å²) in [6, 6.07) is 5.21. The van der Waals surface area contributed by atoms with Crippen molar-refractivity contribution in [2.75, 3.05) is 18.9 Å². The number of thiophene rings is 1. The van der Waals surface area contributed by atoms with E-state index in [2.05, 4.69) is 14.7 Å². The molecule has 0 aliphatic heterocycles. The third kappa shape index (κ3) is 3.25. The largest absolute Gasteiger partial charge is 0.493 e. The molecule has 24 heavy (non-hydrogen) atoms. The maximum absolute atomic E-state index is 11.1. The number of methoxy groups -OCH3 is 2. The highest BCUT2D eigenvalue weighted by molar-refractivity contribution is 7.90. The Balaban J connectivity index is 2.13. The molecule has 0 saturated carbocycles. The second kappa shape index (κ2) is 6.23. The molecule has 0 radical (unpaired) electrons. The highest BCUT2D eigenvalue weighted by Crippen LogP contribution is 2.37. The predicted octanol–water partition coefficient (Wildman–Crippen LogP) is 1.99. The first-order chi connectivity index (χ1) is 11.4. The SMILES string of the molecule is COc1cc2ncnc(-c3csc(NS(N)(=O)=O)c3)c2cc1OC. The number of benzene rings is 1. The van der Waals surface area contributed by atoms with Crippen molar-refractivity contribution in [3.05, 3.63) is 29.9 Å². The van der Waals surface area contributed by atoms with Crippen LogP contribution in [0, 0.1) is 0 Å². The van der Waals surface area contributed by atoms with Gasteiger partial charge in [-0.2, -0.15) is 8.42 Å². The Morgan fingerprint density at radius 3 is 2.50 bits per heavy atom. The van der Waals surface area contributed by atoms with E-state index in [0.717, 1.165) is 10.9 Å². The molecule has 3 rings (SSSR count). The third-order valence-corrected chi connectivity index (χ3v) is 4.74. The van der Waals surface area contributed by atoms with Gasteiger partial charge in [0.1, 0.15) is 11.3 Å². The molecule has 126 valence electrons. The summed E-state index contributed by atoms with van der Waals surface area (Å²) in [5, 5.41) is 7.93. The van der Waals surface area contributed by atoms with Crippen LogP contribution in [0.5, 0.6) is 11.5 Å². The molecule has 8 nitrogen and oxygen atoms in total. The summed E-state index contributed by atoms with van der Waals surface area (Å²) in [7, 11) is -0.718. The van der Waals surface area contributed by atoms with Crippen molar-refractivity contribution in [3.63, 3.8) is 0 Å². The average Bonchev–Trinajstić information content (AvgIpc) is 2.99. The number of hydrogen-bond acceptors (Lipinski definition) is 7. The lowest BCUT2D eigenvalue weighted by Crippen LogP contribution is -2.20. The second-order valence-corrected chi connectivity index (χ2v) is 7.00. The molecule has 0 spiro atoms. The number of rotatable bonds is 5. The van der Waals surface area contributed by atoms with Crippen LogP contribution in [0.2, 0.25) is 0 Å². The van der Waals surface area contributed by atoms with Crippen LogP contribution in [0.15, 0.2) is 29.9 Å². The van der Waals surface area contributed by atoms with Gasteiger partial charge in [0.05, 0.1) is 25.4 Å². The van der Waals surface area contributed by atoms with E-state index in [0.29, 0.717) is 27.7 Å². The van der Waals surface area contributed by atoms with Crippen LogP contribution in [0.4, 0.5) is 5.00 Å². The number of hydrogen-bond donors (Lipinski definition) is 2. The molecular formula is C14H14N4O4S2.